The summed E-state index contributed by atoms with van der Waals surface area (Å²) in [4.78, 5) is 11.8. The Hall–Kier alpha value is -2.53. The maximum absolute atomic E-state index is 11.8. The molecule has 0 aliphatic rings. The Morgan fingerprint density at radius 3 is 2.62 bits per heavy atom. The van der Waals surface area contributed by atoms with E-state index in [-0.39, 0.29) is 12.5 Å². The molecule has 21 heavy (non-hydrogen) atoms. The number of benzene rings is 2. The summed E-state index contributed by atoms with van der Waals surface area (Å²) in [6.07, 6.45) is -0.662. The molecule has 2 aromatic rings. The van der Waals surface area contributed by atoms with Crippen molar-refractivity contribution in [3.63, 3.8) is 0 Å². The third-order valence-corrected chi connectivity index (χ3v) is 3.19. The summed E-state index contributed by atoms with van der Waals surface area (Å²) in [5.74, 6) is -0.202. The van der Waals surface area contributed by atoms with E-state index in [1.54, 1.807) is 25.2 Å². The number of hydrogen-bond donors (Lipinski definition) is 4. The maximum Gasteiger partial charge on any atom is 0.253 e. The van der Waals surface area contributed by atoms with E-state index < -0.39 is 6.10 Å². The van der Waals surface area contributed by atoms with Crippen LogP contribution in [0.25, 0.3) is 0 Å². The quantitative estimate of drug-likeness (QED) is 0.631. The van der Waals surface area contributed by atoms with Crippen molar-refractivity contribution in [2.75, 3.05) is 24.6 Å². The van der Waals surface area contributed by atoms with Crippen LogP contribution in [0.1, 0.15) is 22.0 Å². The molecule has 2 rings (SSSR count). The summed E-state index contributed by atoms with van der Waals surface area (Å²) in [5, 5.41) is 15.8. The van der Waals surface area contributed by atoms with Crippen molar-refractivity contribution in [2.24, 2.45) is 0 Å². The van der Waals surface area contributed by atoms with E-state index in [1.165, 1.54) is 0 Å². The van der Waals surface area contributed by atoms with Crippen LogP contribution in [0.15, 0.2) is 48.5 Å². The van der Waals surface area contributed by atoms with E-state index in [2.05, 4.69) is 10.6 Å². The molecule has 5 nitrogen and oxygen atoms in total. The van der Waals surface area contributed by atoms with Crippen LogP contribution in [0.4, 0.5) is 11.4 Å². The molecule has 1 atom stereocenters. The number of aliphatic hydroxyl groups excluding tert-OH is 1. The SMILES string of the molecule is CNC(=O)c1ccc(N)cc1NCC(O)c1ccccc1. The summed E-state index contributed by atoms with van der Waals surface area (Å²) < 4.78 is 0. The Bertz CT molecular complexity index is 614. The zero-order valence-corrected chi connectivity index (χ0v) is 11.8. The minimum atomic E-state index is -0.662. The largest absolute Gasteiger partial charge is 0.399 e. The number of rotatable bonds is 5. The second-order valence-electron chi connectivity index (χ2n) is 4.69. The van der Waals surface area contributed by atoms with Crippen molar-refractivity contribution in [3.8, 4) is 0 Å². The summed E-state index contributed by atoms with van der Waals surface area (Å²) in [7, 11) is 1.57. The molecular formula is C16H19N3O2. The van der Waals surface area contributed by atoms with Gasteiger partial charge in [-0.15, -0.1) is 0 Å². The summed E-state index contributed by atoms with van der Waals surface area (Å²) in [5.41, 5.74) is 8.22. The van der Waals surface area contributed by atoms with Gasteiger partial charge >= 0.3 is 0 Å². The normalized spacial score (nSPS) is 11.7. The Labute approximate surface area is 123 Å². The molecular weight excluding hydrogens is 266 g/mol. The van der Waals surface area contributed by atoms with Gasteiger partial charge in [0.05, 0.1) is 11.7 Å². The van der Waals surface area contributed by atoms with Crippen molar-refractivity contribution in [2.45, 2.75) is 6.10 Å². The van der Waals surface area contributed by atoms with E-state index in [0.717, 1.165) is 5.56 Å². The van der Waals surface area contributed by atoms with E-state index >= 15 is 0 Å². The highest BCUT2D eigenvalue weighted by molar-refractivity contribution is 6.00. The molecule has 0 aromatic heterocycles. The third-order valence-electron chi connectivity index (χ3n) is 3.19. The molecule has 1 unspecified atom stereocenters. The molecule has 110 valence electrons. The summed E-state index contributed by atoms with van der Waals surface area (Å²) in [6.45, 7) is 0.289. The second kappa shape index (κ2) is 6.76. The lowest BCUT2D eigenvalue weighted by Gasteiger charge is -2.16. The fourth-order valence-corrected chi connectivity index (χ4v) is 2.04. The van der Waals surface area contributed by atoms with Gasteiger partial charge in [-0.3, -0.25) is 4.79 Å². The lowest BCUT2D eigenvalue weighted by molar-refractivity contribution is 0.0963. The van der Waals surface area contributed by atoms with Crippen LogP contribution in [-0.2, 0) is 0 Å². The molecule has 0 heterocycles. The minimum absolute atomic E-state index is 0.202. The van der Waals surface area contributed by atoms with Crippen molar-refractivity contribution < 1.29 is 9.90 Å². The van der Waals surface area contributed by atoms with Crippen LogP contribution < -0.4 is 16.4 Å². The number of anilines is 2. The standard InChI is InChI=1S/C16H19N3O2/c1-18-16(21)13-8-7-12(17)9-14(13)19-10-15(20)11-5-3-2-4-6-11/h2-9,15,19-20H,10,17H2,1H3,(H,18,21). The van der Waals surface area contributed by atoms with Crippen LogP contribution in [0.3, 0.4) is 0 Å². The van der Waals surface area contributed by atoms with Gasteiger partial charge in [-0.1, -0.05) is 30.3 Å². The maximum atomic E-state index is 11.8. The zero-order chi connectivity index (χ0) is 15.2. The van der Waals surface area contributed by atoms with E-state index in [4.69, 9.17) is 5.73 Å². The van der Waals surface area contributed by atoms with Gasteiger partial charge in [0.2, 0.25) is 0 Å². The van der Waals surface area contributed by atoms with Gasteiger partial charge in [0, 0.05) is 25.0 Å². The first-order chi connectivity index (χ1) is 10.1. The summed E-state index contributed by atoms with van der Waals surface area (Å²) in [6, 6.07) is 14.4. The number of hydrogen-bond acceptors (Lipinski definition) is 4. The molecule has 0 radical (unpaired) electrons. The first kappa shape index (κ1) is 14.9. The van der Waals surface area contributed by atoms with Crippen LogP contribution in [0.5, 0.6) is 0 Å². The minimum Gasteiger partial charge on any atom is -0.399 e. The van der Waals surface area contributed by atoms with Gasteiger partial charge in [-0.05, 0) is 23.8 Å². The number of aliphatic hydroxyl groups is 1. The van der Waals surface area contributed by atoms with Crippen LogP contribution in [-0.4, -0.2) is 24.6 Å². The number of carbonyl (C=O) groups excluding carboxylic acids is 1. The van der Waals surface area contributed by atoms with Gasteiger partial charge in [-0.2, -0.15) is 0 Å². The van der Waals surface area contributed by atoms with Crippen molar-refractivity contribution >= 4 is 17.3 Å². The predicted octanol–water partition coefficient (Wildman–Crippen LogP) is 1.77. The molecule has 0 spiro atoms. The topological polar surface area (TPSA) is 87.4 Å². The Morgan fingerprint density at radius 1 is 1.24 bits per heavy atom. The lowest BCUT2D eigenvalue weighted by Crippen LogP contribution is -2.21. The number of nitrogens with one attached hydrogen (secondary N) is 2. The zero-order valence-electron chi connectivity index (χ0n) is 11.8. The van der Waals surface area contributed by atoms with Crippen LogP contribution in [0.2, 0.25) is 0 Å². The molecule has 0 saturated heterocycles. The molecule has 0 bridgehead atoms. The molecule has 0 aliphatic carbocycles. The van der Waals surface area contributed by atoms with E-state index in [9.17, 15) is 9.90 Å². The van der Waals surface area contributed by atoms with Gasteiger partial charge in [-0.25, -0.2) is 0 Å². The Balaban J connectivity index is 2.12. The number of nitrogens with two attached hydrogens (primary N) is 1. The fourth-order valence-electron chi connectivity index (χ4n) is 2.04. The molecule has 2 aromatic carbocycles. The smallest absolute Gasteiger partial charge is 0.253 e. The Kier molecular flexibility index (Phi) is 4.79. The van der Waals surface area contributed by atoms with E-state index in [1.807, 2.05) is 30.3 Å². The molecule has 5 N–H and O–H groups in total. The Morgan fingerprint density at radius 2 is 1.95 bits per heavy atom. The second-order valence-corrected chi connectivity index (χ2v) is 4.69. The predicted molar refractivity (Wildman–Crippen MR) is 84.1 cm³/mol. The molecule has 0 saturated carbocycles. The molecule has 1 amide bonds. The first-order valence-corrected chi connectivity index (χ1v) is 6.70. The third kappa shape index (κ3) is 3.73. The van der Waals surface area contributed by atoms with Crippen LogP contribution >= 0.6 is 0 Å². The van der Waals surface area contributed by atoms with Crippen molar-refractivity contribution in [1.29, 1.82) is 0 Å². The molecule has 0 aliphatic heterocycles. The van der Waals surface area contributed by atoms with E-state index in [0.29, 0.717) is 16.9 Å². The highest BCUT2D eigenvalue weighted by atomic mass is 16.3. The lowest BCUT2D eigenvalue weighted by atomic mass is 10.1. The van der Waals surface area contributed by atoms with Gasteiger partial charge in [0.25, 0.3) is 5.91 Å². The molecule has 0 fully saturated rings. The van der Waals surface area contributed by atoms with Gasteiger partial charge < -0.3 is 21.5 Å². The average molecular weight is 285 g/mol. The average Bonchev–Trinajstić information content (AvgIpc) is 2.52. The number of carbonyl (C=O) groups is 1. The van der Waals surface area contributed by atoms with Gasteiger partial charge in [0.15, 0.2) is 0 Å². The monoisotopic (exact) mass is 285 g/mol. The van der Waals surface area contributed by atoms with Crippen molar-refractivity contribution in [3.05, 3.63) is 59.7 Å². The highest BCUT2D eigenvalue weighted by Crippen LogP contribution is 2.21. The van der Waals surface area contributed by atoms with Gasteiger partial charge in [0.1, 0.15) is 0 Å². The highest BCUT2D eigenvalue weighted by Gasteiger charge is 2.12. The summed E-state index contributed by atoms with van der Waals surface area (Å²) >= 11 is 0. The number of nitrogen functional groups attached to an aromatic ring is 1. The van der Waals surface area contributed by atoms with Crippen LogP contribution in [0, 0.1) is 0 Å². The van der Waals surface area contributed by atoms with Crippen molar-refractivity contribution in [1.82, 2.24) is 5.32 Å². The molecule has 5 heteroatoms. The number of amides is 1. The first-order valence-electron chi connectivity index (χ1n) is 6.70. The fraction of sp³-hybridized carbons (Fsp3) is 0.188.